The summed E-state index contributed by atoms with van der Waals surface area (Å²) in [7, 11) is 0. The van der Waals surface area contributed by atoms with Gasteiger partial charge in [-0.15, -0.1) is 0 Å². The van der Waals surface area contributed by atoms with Gasteiger partial charge in [0, 0.05) is 18.6 Å². The van der Waals surface area contributed by atoms with Crippen molar-refractivity contribution in [2.75, 3.05) is 0 Å². The normalized spacial score (nSPS) is 28.5. The van der Waals surface area contributed by atoms with Crippen molar-refractivity contribution in [3.8, 4) is 0 Å². The molecule has 2 atom stereocenters. The molecule has 1 fully saturated rings. The van der Waals surface area contributed by atoms with Crippen LogP contribution in [0.2, 0.25) is 0 Å². The maximum Gasteiger partial charge on any atom is 0.157 e. The smallest absolute Gasteiger partial charge is 0.157 e. The van der Waals surface area contributed by atoms with Gasteiger partial charge in [-0.05, 0) is 18.8 Å². The second-order valence-electron chi connectivity index (χ2n) is 4.99. The first-order valence-electron chi connectivity index (χ1n) is 5.82. The van der Waals surface area contributed by atoms with E-state index in [2.05, 4.69) is 0 Å². The molecule has 2 rings (SSSR count). The van der Waals surface area contributed by atoms with Crippen molar-refractivity contribution in [2.45, 2.75) is 31.7 Å². The van der Waals surface area contributed by atoms with Crippen molar-refractivity contribution >= 4 is 5.78 Å². The topological polar surface area (TPSA) is 43.1 Å². The molecule has 18 heavy (non-hydrogen) atoms. The summed E-state index contributed by atoms with van der Waals surface area (Å²) >= 11 is 0. The first-order chi connectivity index (χ1) is 8.34. The van der Waals surface area contributed by atoms with Crippen LogP contribution in [0.25, 0.3) is 0 Å². The molecule has 0 aromatic heterocycles. The Labute approximate surface area is 103 Å². The Morgan fingerprint density at radius 1 is 1.28 bits per heavy atom. The summed E-state index contributed by atoms with van der Waals surface area (Å²) < 4.78 is 40.3. The van der Waals surface area contributed by atoms with Gasteiger partial charge < -0.3 is 5.73 Å². The lowest BCUT2D eigenvalue weighted by Crippen LogP contribution is -2.50. The molecule has 1 unspecified atom stereocenters. The Bertz CT molecular complexity index is 480. The molecule has 1 saturated carbocycles. The molecule has 0 heterocycles. The molecule has 0 spiro atoms. The summed E-state index contributed by atoms with van der Waals surface area (Å²) in [5.41, 5.74) is 3.72. The zero-order chi connectivity index (χ0) is 13.5. The molecule has 98 valence electrons. The second-order valence-corrected chi connectivity index (χ2v) is 4.99. The number of nitrogens with two attached hydrogens (primary N) is 1. The monoisotopic (exact) mass is 257 g/mol. The third kappa shape index (κ3) is 2.03. The van der Waals surface area contributed by atoms with E-state index in [1.807, 2.05) is 6.92 Å². The molecule has 2 N–H and O–H groups in total. The molecule has 0 bridgehead atoms. The average molecular weight is 257 g/mol. The highest BCUT2D eigenvalue weighted by molar-refractivity contribution is 5.90. The van der Waals surface area contributed by atoms with Crippen LogP contribution in [0.15, 0.2) is 12.1 Å². The molecule has 1 aromatic carbocycles. The molecule has 1 aliphatic rings. The van der Waals surface area contributed by atoms with Crippen molar-refractivity contribution in [1.82, 2.24) is 0 Å². The lowest BCUT2D eigenvalue weighted by molar-refractivity contribution is -0.127. The predicted molar refractivity (Wildman–Crippen MR) is 60.2 cm³/mol. The van der Waals surface area contributed by atoms with Crippen molar-refractivity contribution in [3.63, 3.8) is 0 Å². The number of carbonyl (C=O) groups is 1. The molecule has 1 aromatic rings. The molecule has 0 amide bonds. The van der Waals surface area contributed by atoms with Crippen LogP contribution in [-0.2, 0) is 10.3 Å². The highest BCUT2D eigenvalue weighted by Gasteiger charge is 2.44. The Balaban J connectivity index is 2.56. The fourth-order valence-electron chi connectivity index (χ4n) is 2.58. The molecule has 0 aliphatic heterocycles. The van der Waals surface area contributed by atoms with E-state index in [-0.39, 0.29) is 18.8 Å². The highest BCUT2D eigenvalue weighted by atomic mass is 19.1. The van der Waals surface area contributed by atoms with Crippen LogP contribution in [0.1, 0.15) is 31.7 Å². The van der Waals surface area contributed by atoms with E-state index in [1.54, 1.807) is 0 Å². The lowest BCUT2D eigenvalue weighted by Gasteiger charge is -2.35. The second kappa shape index (κ2) is 4.39. The Morgan fingerprint density at radius 3 is 2.39 bits per heavy atom. The minimum Gasteiger partial charge on any atom is -0.315 e. The summed E-state index contributed by atoms with van der Waals surface area (Å²) in [5, 5.41) is 0. The third-order valence-corrected chi connectivity index (χ3v) is 3.49. The van der Waals surface area contributed by atoms with E-state index in [1.165, 1.54) is 0 Å². The van der Waals surface area contributed by atoms with Crippen molar-refractivity contribution < 1.29 is 18.0 Å². The summed E-state index contributed by atoms with van der Waals surface area (Å²) in [6.45, 7) is 1.87. The zero-order valence-corrected chi connectivity index (χ0v) is 9.97. The first kappa shape index (κ1) is 13.1. The maximum absolute atomic E-state index is 13.7. The number of ketones is 1. The summed E-state index contributed by atoms with van der Waals surface area (Å²) in [6, 6.07) is 1.11. The Morgan fingerprint density at radius 2 is 1.83 bits per heavy atom. The number of Topliss-reactive ketones (excluding diaryl/α,β-unsaturated/α-hetero) is 1. The Kier molecular flexibility index (Phi) is 3.19. The van der Waals surface area contributed by atoms with E-state index >= 15 is 0 Å². The van der Waals surface area contributed by atoms with Gasteiger partial charge in [-0.2, -0.15) is 0 Å². The van der Waals surface area contributed by atoms with Crippen LogP contribution in [0.4, 0.5) is 13.2 Å². The third-order valence-electron chi connectivity index (χ3n) is 3.49. The van der Waals surface area contributed by atoms with Crippen LogP contribution in [0.3, 0.4) is 0 Å². The van der Waals surface area contributed by atoms with Gasteiger partial charge in [0.1, 0.15) is 23.0 Å². The number of carbonyl (C=O) groups excluding carboxylic acids is 1. The molecular weight excluding hydrogens is 243 g/mol. The molecule has 1 aliphatic carbocycles. The fourth-order valence-corrected chi connectivity index (χ4v) is 2.58. The first-order valence-corrected chi connectivity index (χ1v) is 5.82. The van der Waals surface area contributed by atoms with E-state index in [9.17, 15) is 18.0 Å². The zero-order valence-electron chi connectivity index (χ0n) is 9.97. The number of benzene rings is 1. The van der Waals surface area contributed by atoms with Gasteiger partial charge >= 0.3 is 0 Å². The SMILES string of the molecule is C[C@H]1CCC(=O)C(N)(c2c(F)cc(F)cc2F)C1. The van der Waals surface area contributed by atoms with Crippen LogP contribution >= 0.6 is 0 Å². The molecule has 0 saturated heterocycles. The van der Waals surface area contributed by atoms with Gasteiger partial charge in [0.25, 0.3) is 0 Å². The Hall–Kier alpha value is -1.36. The standard InChI is InChI=1S/C13H14F3NO/c1-7-2-3-11(18)13(17,6-7)12-9(15)4-8(14)5-10(12)16/h4-5,7H,2-3,6,17H2,1H3/t7-,13?/m0/s1. The van der Waals surface area contributed by atoms with E-state index in [4.69, 9.17) is 5.73 Å². The summed E-state index contributed by atoms with van der Waals surface area (Å²) in [5.74, 6) is -3.52. The van der Waals surface area contributed by atoms with E-state index in [0.29, 0.717) is 18.6 Å². The van der Waals surface area contributed by atoms with Crippen molar-refractivity contribution in [1.29, 1.82) is 0 Å². The number of hydrogen-bond acceptors (Lipinski definition) is 2. The van der Waals surface area contributed by atoms with Crippen LogP contribution in [0, 0.1) is 23.4 Å². The van der Waals surface area contributed by atoms with Crippen LogP contribution < -0.4 is 5.73 Å². The van der Waals surface area contributed by atoms with Crippen LogP contribution in [0.5, 0.6) is 0 Å². The van der Waals surface area contributed by atoms with Crippen molar-refractivity contribution in [2.24, 2.45) is 11.7 Å². The van der Waals surface area contributed by atoms with Gasteiger partial charge in [0.05, 0.1) is 5.56 Å². The molecule has 2 nitrogen and oxygen atoms in total. The maximum atomic E-state index is 13.7. The van der Waals surface area contributed by atoms with Gasteiger partial charge in [-0.3, -0.25) is 4.79 Å². The summed E-state index contributed by atoms with van der Waals surface area (Å²) in [6.07, 6.45) is 1.02. The minimum absolute atomic E-state index is 0.0940. The van der Waals surface area contributed by atoms with Crippen molar-refractivity contribution in [3.05, 3.63) is 35.1 Å². The lowest BCUT2D eigenvalue weighted by atomic mass is 9.72. The highest BCUT2D eigenvalue weighted by Crippen LogP contribution is 2.37. The van der Waals surface area contributed by atoms with Gasteiger partial charge in [-0.1, -0.05) is 6.92 Å². The van der Waals surface area contributed by atoms with E-state index in [0.717, 1.165) is 0 Å². The molecule has 5 heteroatoms. The minimum atomic E-state index is -1.68. The van der Waals surface area contributed by atoms with Gasteiger partial charge in [0.2, 0.25) is 0 Å². The van der Waals surface area contributed by atoms with Gasteiger partial charge in [0.15, 0.2) is 5.78 Å². The number of halogens is 3. The number of rotatable bonds is 1. The largest absolute Gasteiger partial charge is 0.315 e. The predicted octanol–water partition coefficient (Wildman–Crippen LogP) is 2.65. The molecule has 0 radical (unpaired) electrons. The fraction of sp³-hybridized carbons (Fsp3) is 0.462. The van der Waals surface area contributed by atoms with Crippen LogP contribution in [-0.4, -0.2) is 5.78 Å². The van der Waals surface area contributed by atoms with Gasteiger partial charge in [-0.25, -0.2) is 13.2 Å². The summed E-state index contributed by atoms with van der Waals surface area (Å²) in [4.78, 5) is 11.9. The average Bonchev–Trinajstić information content (AvgIpc) is 2.22. The number of hydrogen-bond donors (Lipinski definition) is 1. The van der Waals surface area contributed by atoms with E-state index < -0.39 is 34.3 Å². The molecular formula is C13H14F3NO. The quantitative estimate of drug-likeness (QED) is 0.840.